The Hall–Kier alpha value is -1.28. The number of aldehydes is 1. The van der Waals surface area contributed by atoms with Crippen LogP contribution in [-0.2, 0) is 11.2 Å². The molecule has 0 aliphatic heterocycles. The van der Waals surface area contributed by atoms with Gasteiger partial charge in [-0.05, 0) is 30.2 Å². The highest BCUT2D eigenvalue weighted by atomic mass is 35.5. The predicted octanol–water partition coefficient (Wildman–Crippen LogP) is 2.95. The number of nitrogens with one attached hydrogen (secondary N) is 1. The third-order valence-electron chi connectivity index (χ3n) is 2.25. The van der Waals surface area contributed by atoms with E-state index in [0.717, 1.165) is 27.8 Å². The molecule has 2 aromatic rings. The van der Waals surface area contributed by atoms with Crippen molar-refractivity contribution in [3.05, 3.63) is 35.0 Å². The molecule has 72 valence electrons. The highest BCUT2D eigenvalue weighted by Crippen LogP contribution is 2.23. The summed E-state index contributed by atoms with van der Waals surface area (Å²) in [5.74, 6) is 0. The van der Waals surface area contributed by atoms with Crippen LogP contribution in [0.4, 0.5) is 0 Å². The molecule has 0 atom stereocenters. The molecule has 0 spiro atoms. The van der Waals surface area contributed by atoms with Crippen molar-refractivity contribution in [2.45, 2.75) is 12.8 Å². The minimum atomic E-state index is 0.520. The van der Waals surface area contributed by atoms with Crippen LogP contribution in [0.5, 0.6) is 0 Å². The fourth-order valence-corrected chi connectivity index (χ4v) is 1.79. The number of hydrogen-bond donors (Lipinski definition) is 1. The molecule has 0 unspecified atom stereocenters. The third-order valence-corrected chi connectivity index (χ3v) is 2.60. The molecular formula is C11H10ClNO. The summed E-state index contributed by atoms with van der Waals surface area (Å²) in [5.41, 5.74) is 2.09. The number of rotatable bonds is 3. The SMILES string of the molecule is O=CCCc1cc2[nH]ccc2cc1Cl. The molecule has 1 aromatic heterocycles. The van der Waals surface area contributed by atoms with E-state index in [2.05, 4.69) is 4.98 Å². The van der Waals surface area contributed by atoms with Gasteiger partial charge in [-0.25, -0.2) is 0 Å². The number of fused-ring (bicyclic) bond motifs is 1. The molecule has 0 aliphatic carbocycles. The lowest BCUT2D eigenvalue weighted by Crippen LogP contribution is -1.87. The highest BCUT2D eigenvalue weighted by molar-refractivity contribution is 6.32. The summed E-state index contributed by atoms with van der Waals surface area (Å²) in [6.45, 7) is 0. The minimum Gasteiger partial charge on any atom is -0.361 e. The summed E-state index contributed by atoms with van der Waals surface area (Å²) in [5, 5.41) is 1.84. The summed E-state index contributed by atoms with van der Waals surface area (Å²) in [6, 6.07) is 5.90. The van der Waals surface area contributed by atoms with Crippen LogP contribution in [0.1, 0.15) is 12.0 Å². The van der Waals surface area contributed by atoms with E-state index in [4.69, 9.17) is 11.6 Å². The van der Waals surface area contributed by atoms with Crippen LogP contribution in [0.25, 0.3) is 10.9 Å². The average molecular weight is 208 g/mol. The van der Waals surface area contributed by atoms with Gasteiger partial charge in [0.15, 0.2) is 0 Å². The van der Waals surface area contributed by atoms with Crippen LogP contribution in [0.3, 0.4) is 0 Å². The van der Waals surface area contributed by atoms with Gasteiger partial charge in [0.25, 0.3) is 0 Å². The quantitative estimate of drug-likeness (QED) is 0.772. The summed E-state index contributed by atoms with van der Waals surface area (Å²) < 4.78 is 0. The van der Waals surface area contributed by atoms with Gasteiger partial charge in [0.05, 0.1) is 0 Å². The molecule has 3 heteroatoms. The van der Waals surface area contributed by atoms with E-state index in [9.17, 15) is 4.79 Å². The van der Waals surface area contributed by atoms with Gasteiger partial charge in [0.2, 0.25) is 0 Å². The van der Waals surface area contributed by atoms with Gasteiger partial charge in [-0.15, -0.1) is 0 Å². The van der Waals surface area contributed by atoms with Gasteiger partial charge < -0.3 is 9.78 Å². The maximum Gasteiger partial charge on any atom is 0.120 e. The summed E-state index contributed by atoms with van der Waals surface area (Å²) in [4.78, 5) is 13.4. The number of benzene rings is 1. The lowest BCUT2D eigenvalue weighted by molar-refractivity contribution is -0.107. The van der Waals surface area contributed by atoms with Crippen molar-refractivity contribution in [1.82, 2.24) is 4.98 Å². The van der Waals surface area contributed by atoms with Gasteiger partial charge in [-0.3, -0.25) is 0 Å². The minimum absolute atomic E-state index is 0.520. The molecule has 0 fully saturated rings. The van der Waals surface area contributed by atoms with E-state index in [0.29, 0.717) is 12.8 Å². The highest BCUT2D eigenvalue weighted by Gasteiger charge is 2.03. The molecule has 1 aromatic carbocycles. The van der Waals surface area contributed by atoms with E-state index >= 15 is 0 Å². The van der Waals surface area contributed by atoms with Gasteiger partial charge in [-0.1, -0.05) is 11.6 Å². The molecule has 1 N–H and O–H groups in total. The van der Waals surface area contributed by atoms with Crippen molar-refractivity contribution in [2.24, 2.45) is 0 Å². The Kier molecular flexibility index (Phi) is 2.55. The zero-order chi connectivity index (χ0) is 9.97. The lowest BCUT2D eigenvalue weighted by atomic mass is 10.1. The summed E-state index contributed by atoms with van der Waals surface area (Å²) in [7, 11) is 0. The second-order valence-corrected chi connectivity index (χ2v) is 3.62. The number of halogens is 1. The number of hydrogen-bond acceptors (Lipinski definition) is 1. The molecule has 2 rings (SSSR count). The Morgan fingerprint density at radius 2 is 2.29 bits per heavy atom. The number of aromatic amines is 1. The fraction of sp³-hybridized carbons (Fsp3) is 0.182. The molecule has 0 aliphatic rings. The molecular weight excluding hydrogens is 198 g/mol. The van der Waals surface area contributed by atoms with Gasteiger partial charge in [0.1, 0.15) is 6.29 Å². The lowest BCUT2D eigenvalue weighted by Gasteiger charge is -2.01. The molecule has 2 nitrogen and oxygen atoms in total. The Labute approximate surface area is 86.9 Å². The molecule has 0 saturated heterocycles. The monoisotopic (exact) mass is 207 g/mol. The van der Waals surface area contributed by atoms with Gasteiger partial charge in [-0.2, -0.15) is 0 Å². The van der Waals surface area contributed by atoms with E-state index in [1.165, 1.54) is 0 Å². The third kappa shape index (κ3) is 1.66. The van der Waals surface area contributed by atoms with Crippen LogP contribution in [0, 0.1) is 0 Å². The molecule has 14 heavy (non-hydrogen) atoms. The largest absolute Gasteiger partial charge is 0.361 e. The van der Waals surface area contributed by atoms with Crippen molar-refractivity contribution in [2.75, 3.05) is 0 Å². The standard InChI is InChI=1S/C11H10ClNO/c12-10-6-9-3-4-13-11(9)7-8(10)2-1-5-14/h3-7,13H,1-2H2. The van der Waals surface area contributed by atoms with Crippen LogP contribution < -0.4 is 0 Å². The number of carbonyl (C=O) groups is 1. The maximum atomic E-state index is 10.3. The van der Waals surface area contributed by atoms with Crippen LogP contribution in [0.2, 0.25) is 5.02 Å². The Morgan fingerprint density at radius 3 is 3.07 bits per heavy atom. The van der Waals surface area contributed by atoms with E-state index < -0.39 is 0 Å². The first-order valence-electron chi connectivity index (χ1n) is 4.50. The van der Waals surface area contributed by atoms with Crippen LogP contribution >= 0.6 is 11.6 Å². The second-order valence-electron chi connectivity index (χ2n) is 3.21. The fourth-order valence-electron chi connectivity index (χ4n) is 1.52. The Morgan fingerprint density at radius 1 is 1.43 bits per heavy atom. The van der Waals surface area contributed by atoms with Crippen molar-refractivity contribution in [1.29, 1.82) is 0 Å². The molecule has 0 radical (unpaired) electrons. The zero-order valence-corrected chi connectivity index (χ0v) is 8.34. The van der Waals surface area contributed by atoms with Gasteiger partial charge >= 0.3 is 0 Å². The van der Waals surface area contributed by atoms with Crippen molar-refractivity contribution < 1.29 is 4.79 Å². The topological polar surface area (TPSA) is 32.9 Å². The number of carbonyl (C=O) groups excluding carboxylic acids is 1. The zero-order valence-electron chi connectivity index (χ0n) is 7.59. The van der Waals surface area contributed by atoms with Crippen molar-refractivity contribution in [3.63, 3.8) is 0 Å². The predicted molar refractivity (Wildman–Crippen MR) is 57.7 cm³/mol. The Balaban J connectivity index is 2.42. The first kappa shape index (κ1) is 9.28. The Bertz CT molecular complexity index is 461. The van der Waals surface area contributed by atoms with Crippen LogP contribution in [0.15, 0.2) is 24.4 Å². The molecule has 0 amide bonds. The van der Waals surface area contributed by atoms with E-state index in [-0.39, 0.29) is 0 Å². The van der Waals surface area contributed by atoms with E-state index in [1.54, 1.807) is 0 Å². The number of aryl methyl sites for hydroxylation is 1. The van der Waals surface area contributed by atoms with Crippen LogP contribution in [-0.4, -0.2) is 11.3 Å². The summed E-state index contributed by atoms with van der Waals surface area (Å²) >= 11 is 6.07. The first-order chi connectivity index (χ1) is 6.81. The molecule has 0 saturated carbocycles. The molecule has 0 bridgehead atoms. The number of H-pyrrole nitrogens is 1. The smallest absolute Gasteiger partial charge is 0.120 e. The number of aromatic nitrogens is 1. The normalized spacial score (nSPS) is 10.6. The maximum absolute atomic E-state index is 10.3. The van der Waals surface area contributed by atoms with Gasteiger partial charge in [0, 0.05) is 28.5 Å². The van der Waals surface area contributed by atoms with E-state index in [1.807, 2.05) is 24.4 Å². The second kappa shape index (κ2) is 3.84. The van der Waals surface area contributed by atoms with Crippen molar-refractivity contribution >= 4 is 28.8 Å². The summed E-state index contributed by atoms with van der Waals surface area (Å²) in [6.07, 6.45) is 4.02. The van der Waals surface area contributed by atoms with Crippen molar-refractivity contribution in [3.8, 4) is 0 Å². The molecule has 1 heterocycles. The average Bonchev–Trinajstić information content (AvgIpc) is 2.61. The first-order valence-corrected chi connectivity index (χ1v) is 4.88.